The number of amides is 1. The molecule has 0 heterocycles. The van der Waals surface area contributed by atoms with Gasteiger partial charge < -0.3 is 10.0 Å². The van der Waals surface area contributed by atoms with Crippen molar-refractivity contribution in [3.63, 3.8) is 0 Å². The molecule has 4 nitrogen and oxygen atoms in total. The highest BCUT2D eigenvalue weighted by Crippen LogP contribution is 2.29. The lowest BCUT2D eigenvalue weighted by Gasteiger charge is -2.25. The van der Waals surface area contributed by atoms with Crippen LogP contribution < -0.4 is 0 Å². The van der Waals surface area contributed by atoms with E-state index in [0.29, 0.717) is 24.9 Å². The second kappa shape index (κ2) is 6.03. The topological polar surface area (TPSA) is 57.6 Å². The molecular formula is C13H23NO3. The molecule has 1 aliphatic rings. The van der Waals surface area contributed by atoms with Crippen LogP contribution in [0.2, 0.25) is 0 Å². The second-order valence-electron chi connectivity index (χ2n) is 5.23. The zero-order chi connectivity index (χ0) is 13.0. The van der Waals surface area contributed by atoms with E-state index in [1.165, 1.54) is 0 Å². The van der Waals surface area contributed by atoms with E-state index in [1.807, 2.05) is 0 Å². The fraction of sp³-hybridized carbons (Fsp3) is 0.846. The molecule has 1 aliphatic carbocycles. The molecule has 1 fully saturated rings. The first-order valence-corrected chi connectivity index (χ1v) is 6.48. The van der Waals surface area contributed by atoms with Crippen molar-refractivity contribution in [1.82, 2.24) is 4.90 Å². The van der Waals surface area contributed by atoms with Crippen LogP contribution in [0.15, 0.2) is 0 Å². The van der Waals surface area contributed by atoms with Crippen molar-refractivity contribution < 1.29 is 14.7 Å². The Kier molecular flexibility index (Phi) is 4.97. The number of carboxylic acids is 1. The molecule has 0 aromatic heterocycles. The molecule has 0 aromatic carbocycles. The Hall–Kier alpha value is -1.06. The predicted molar refractivity (Wildman–Crippen MR) is 65.6 cm³/mol. The van der Waals surface area contributed by atoms with Crippen molar-refractivity contribution in [2.45, 2.75) is 52.5 Å². The van der Waals surface area contributed by atoms with Crippen LogP contribution in [0.3, 0.4) is 0 Å². The molecule has 0 saturated heterocycles. The van der Waals surface area contributed by atoms with Gasteiger partial charge in [-0.2, -0.15) is 0 Å². The van der Waals surface area contributed by atoms with E-state index < -0.39 is 11.9 Å². The van der Waals surface area contributed by atoms with Crippen LogP contribution in [0.4, 0.5) is 0 Å². The smallest absolute Gasteiger partial charge is 0.308 e. The van der Waals surface area contributed by atoms with Gasteiger partial charge in [0, 0.05) is 19.0 Å². The first-order valence-electron chi connectivity index (χ1n) is 6.48. The minimum absolute atomic E-state index is 0.120. The monoisotopic (exact) mass is 241 g/mol. The quantitative estimate of drug-likeness (QED) is 0.743. The number of hydrogen-bond acceptors (Lipinski definition) is 2. The van der Waals surface area contributed by atoms with E-state index in [2.05, 4.69) is 13.8 Å². The van der Waals surface area contributed by atoms with E-state index in [-0.39, 0.29) is 5.91 Å². The van der Waals surface area contributed by atoms with Crippen molar-refractivity contribution >= 4 is 11.9 Å². The van der Waals surface area contributed by atoms with Crippen molar-refractivity contribution in [2.75, 3.05) is 6.54 Å². The van der Waals surface area contributed by atoms with E-state index in [1.54, 1.807) is 11.8 Å². The minimum atomic E-state index is -0.827. The number of carboxylic acid groups (broad SMARTS) is 1. The highest BCUT2D eigenvalue weighted by atomic mass is 16.4. The molecule has 1 saturated carbocycles. The van der Waals surface area contributed by atoms with Gasteiger partial charge in [0.05, 0.1) is 5.92 Å². The molecule has 0 spiro atoms. The molecule has 98 valence electrons. The molecule has 0 radical (unpaired) electrons. The highest BCUT2D eigenvalue weighted by molar-refractivity contribution is 5.78. The third kappa shape index (κ3) is 4.36. The molecular weight excluding hydrogens is 218 g/mol. The zero-order valence-corrected chi connectivity index (χ0v) is 11.0. The minimum Gasteiger partial charge on any atom is -0.481 e. The van der Waals surface area contributed by atoms with Gasteiger partial charge >= 0.3 is 5.97 Å². The van der Waals surface area contributed by atoms with Gasteiger partial charge in [0.2, 0.25) is 5.91 Å². The highest BCUT2D eigenvalue weighted by Gasteiger charge is 2.34. The van der Waals surface area contributed by atoms with Crippen LogP contribution in [-0.2, 0) is 9.59 Å². The Bertz CT molecular complexity index is 286. The summed E-state index contributed by atoms with van der Waals surface area (Å²) in [6, 6.07) is 0.299. The molecule has 2 atom stereocenters. The molecule has 17 heavy (non-hydrogen) atoms. The standard InChI is InChI=1S/C13H23NO3/c1-4-9(2)7-12(15)14(11-5-6-11)8-10(3)13(16)17/h9-11H,4-8H2,1-3H3,(H,16,17). The summed E-state index contributed by atoms with van der Waals surface area (Å²) >= 11 is 0. The predicted octanol–water partition coefficient (Wildman–Crippen LogP) is 2.13. The summed E-state index contributed by atoms with van der Waals surface area (Å²) in [5, 5.41) is 8.90. The summed E-state index contributed by atoms with van der Waals surface area (Å²) in [6.45, 7) is 6.15. The van der Waals surface area contributed by atoms with Crippen molar-refractivity contribution in [3.8, 4) is 0 Å². The lowest BCUT2D eigenvalue weighted by molar-refractivity contribution is -0.143. The van der Waals surface area contributed by atoms with Crippen LogP contribution in [0.25, 0.3) is 0 Å². The van der Waals surface area contributed by atoms with Crippen molar-refractivity contribution in [1.29, 1.82) is 0 Å². The van der Waals surface area contributed by atoms with Crippen LogP contribution in [0.1, 0.15) is 46.5 Å². The molecule has 0 aromatic rings. The summed E-state index contributed by atoms with van der Waals surface area (Å²) in [5.41, 5.74) is 0. The Morgan fingerprint density at radius 3 is 2.35 bits per heavy atom. The maximum absolute atomic E-state index is 12.1. The van der Waals surface area contributed by atoms with E-state index in [4.69, 9.17) is 5.11 Å². The third-order valence-corrected chi connectivity index (χ3v) is 3.42. The van der Waals surface area contributed by atoms with Gasteiger partial charge in [-0.3, -0.25) is 9.59 Å². The van der Waals surface area contributed by atoms with Gasteiger partial charge in [-0.05, 0) is 18.8 Å². The van der Waals surface area contributed by atoms with E-state index in [9.17, 15) is 9.59 Å². The molecule has 1 amide bonds. The largest absolute Gasteiger partial charge is 0.481 e. The third-order valence-electron chi connectivity index (χ3n) is 3.42. The Morgan fingerprint density at radius 1 is 1.35 bits per heavy atom. The van der Waals surface area contributed by atoms with Crippen molar-refractivity contribution in [3.05, 3.63) is 0 Å². The lowest BCUT2D eigenvalue weighted by Crippen LogP contribution is -2.39. The van der Waals surface area contributed by atoms with Crippen LogP contribution in [0.5, 0.6) is 0 Å². The Morgan fingerprint density at radius 2 is 1.94 bits per heavy atom. The Balaban J connectivity index is 2.53. The maximum Gasteiger partial charge on any atom is 0.308 e. The summed E-state index contributed by atoms with van der Waals surface area (Å²) in [4.78, 5) is 24.7. The second-order valence-corrected chi connectivity index (χ2v) is 5.23. The normalized spacial score (nSPS) is 18.5. The van der Waals surface area contributed by atoms with Crippen molar-refractivity contribution in [2.24, 2.45) is 11.8 Å². The summed E-state index contributed by atoms with van der Waals surface area (Å²) < 4.78 is 0. The maximum atomic E-state index is 12.1. The lowest BCUT2D eigenvalue weighted by atomic mass is 10.0. The van der Waals surface area contributed by atoms with E-state index in [0.717, 1.165) is 19.3 Å². The van der Waals surface area contributed by atoms with Gasteiger partial charge in [-0.25, -0.2) is 0 Å². The number of hydrogen-bond donors (Lipinski definition) is 1. The Labute approximate surface area is 103 Å². The number of rotatable bonds is 7. The number of carbonyl (C=O) groups is 2. The number of carbonyl (C=O) groups excluding carboxylic acids is 1. The molecule has 2 unspecified atom stereocenters. The van der Waals surface area contributed by atoms with Gasteiger partial charge in [0.1, 0.15) is 0 Å². The van der Waals surface area contributed by atoms with Gasteiger partial charge in [0.25, 0.3) is 0 Å². The molecule has 0 aliphatic heterocycles. The number of nitrogens with zero attached hydrogens (tertiary/aromatic N) is 1. The average Bonchev–Trinajstić information content (AvgIpc) is 3.08. The fourth-order valence-electron chi connectivity index (χ4n) is 1.77. The SMILES string of the molecule is CCC(C)CC(=O)N(CC(C)C(=O)O)C1CC1. The van der Waals surface area contributed by atoms with Crippen LogP contribution in [0, 0.1) is 11.8 Å². The first kappa shape index (κ1) is 14.0. The summed E-state index contributed by atoms with van der Waals surface area (Å²) in [5.74, 6) is -0.803. The molecule has 1 rings (SSSR count). The van der Waals surface area contributed by atoms with E-state index >= 15 is 0 Å². The molecule has 1 N–H and O–H groups in total. The summed E-state index contributed by atoms with van der Waals surface area (Å²) in [6.07, 6.45) is 3.58. The van der Waals surface area contributed by atoms with Gasteiger partial charge in [-0.1, -0.05) is 27.2 Å². The molecule has 4 heteroatoms. The average molecular weight is 241 g/mol. The van der Waals surface area contributed by atoms with Gasteiger partial charge in [0.15, 0.2) is 0 Å². The molecule has 0 bridgehead atoms. The van der Waals surface area contributed by atoms with Crippen LogP contribution >= 0.6 is 0 Å². The van der Waals surface area contributed by atoms with Crippen LogP contribution in [-0.4, -0.2) is 34.5 Å². The number of aliphatic carboxylic acids is 1. The summed E-state index contributed by atoms with van der Waals surface area (Å²) in [7, 11) is 0. The first-order chi connectivity index (χ1) is 7.95. The van der Waals surface area contributed by atoms with Gasteiger partial charge in [-0.15, -0.1) is 0 Å². The fourth-order valence-corrected chi connectivity index (χ4v) is 1.77. The zero-order valence-electron chi connectivity index (χ0n) is 11.0.